The van der Waals surface area contributed by atoms with Gasteiger partial charge in [-0.15, -0.1) is 0 Å². The number of carbonyl (C=O) groups is 2. The molecular weight excluding hydrogens is 473 g/mol. The summed E-state index contributed by atoms with van der Waals surface area (Å²) < 4.78 is 44.9. The van der Waals surface area contributed by atoms with Crippen LogP contribution in [0.2, 0.25) is 0 Å². The Morgan fingerprint density at radius 1 is 1.14 bits per heavy atom. The lowest BCUT2D eigenvalue weighted by Crippen LogP contribution is -2.27. The number of hydrogen-bond acceptors (Lipinski definition) is 7. The van der Waals surface area contributed by atoms with Gasteiger partial charge in [0, 0.05) is 29.1 Å². The Kier molecular flexibility index (Phi) is 6.99. The lowest BCUT2D eigenvalue weighted by molar-refractivity contribution is -0.385. The molecule has 3 aromatic rings. The first-order valence-corrected chi connectivity index (χ1v) is 9.87. The third-order valence-corrected chi connectivity index (χ3v) is 4.74. The van der Waals surface area contributed by atoms with E-state index in [-0.39, 0.29) is 22.8 Å². The van der Waals surface area contributed by atoms with E-state index in [1.54, 1.807) is 0 Å². The van der Waals surface area contributed by atoms with E-state index in [4.69, 9.17) is 4.74 Å². The summed E-state index contributed by atoms with van der Waals surface area (Å²) in [5, 5.41) is 17.2. The van der Waals surface area contributed by atoms with Crippen LogP contribution >= 0.6 is 0 Å². The number of rotatable bonds is 6. The van der Waals surface area contributed by atoms with Crippen LogP contribution in [0, 0.1) is 24.0 Å². The lowest BCUT2D eigenvalue weighted by Gasteiger charge is -2.13. The summed E-state index contributed by atoms with van der Waals surface area (Å²) in [4.78, 5) is 47.1. The van der Waals surface area contributed by atoms with Gasteiger partial charge in [0.05, 0.1) is 16.2 Å². The van der Waals surface area contributed by atoms with Crippen LogP contribution in [-0.4, -0.2) is 33.2 Å². The standard InChI is InChI=1S/C22H17F3N4O6/c1-12-6-7-15(10-17(12)29(33)34)26-19(31)11-35-21(32)20-18(30)8-13(2)28(27-20)16-5-3-4-14(9-16)22(23,24)25/h3-10H,11H2,1-2H3,(H,26,31). The van der Waals surface area contributed by atoms with Crippen LogP contribution in [0.4, 0.5) is 24.5 Å². The molecule has 3 rings (SSSR count). The summed E-state index contributed by atoms with van der Waals surface area (Å²) in [6.07, 6.45) is -4.62. The fraction of sp³-hybridized carbons (Fsp3) is 0.182. The molecule has 0 radical (unpaired) electrons. The smallest absolute Gasteiger partial charge is 0.416 e. The van der Waals surface area contributed by atoms with Gasteiger partial charge in [-0.2, -0.15) is 18.3 Å². The van der Waals surface area contributed by atoms with Crippen molar-refractivity contribution in [1.29, 1.82) is 0 Å². The molecular formula is C22H17F3N4O6. The number of alkyl halides is 3. The van der Waals surface area contributed by atoms with Gasteiger partial charge in [-0.3, -0.25) is 19.7 Å². The van der Waals surface area contributed by atoms with E-state index in [2.05, 4.69) is 10.4 Å². The molecule has 0 bridgehead atoms. The first-order chi connectivity index (χ1) is 16.4. The van der Waals surface area contributed by atoms with Gasteiger partial charge < -0.3 is 10.1 Å². The highest BCUT2D eigenvalue weighted by atomic mass is 19.4. The van der Waals surface area contributed by atoms with Crippen LogP contribution in [0.3, 0.4) is 0 Å². The van der Waals surface area contributed by atoms with E-state index < -0.39 is 46.3 Å². The summed E-state index contributed by atoms with van der Waals surface area (Å²) in [5.41, 5.74) is -2.21. The zero-order valence-electron chi connectivity index (χ0n) is 18.3. The molecule has 1 amide bonds. The second-order valence-corrected chi connectivity index (χ2v) is 7.34. The topological polar surface area (TPSA) is 133 Å². The number of anilines is 1. The van der Waals surface area contributed by atoms with E-state index in [1.165, 1.54) is 32.0 Å². The Morgan fingerprint density at radius 2 is 1.86 bits per heavy atom. The molecule has 0 saturated carbocycles. The number of aromatic nitrogens is 2. The van der Waals surface area contributed by atoms with Gasteiger partial charge in [0.15, 0.2) is 6.61 Å². The number of nitro benzene ring substituents is 1. The molecule has 0 unspecified atom stereocenters. The Balaban J connectivity index is 1.77. The number of nitrogens with one attached hydrogen (secondary N) is 1. The summed E-state index contributed by atoms with van der Waals surface area (Å²) in [5.74, 6) is -2.12. The third kappa shape index (κ3) is 5.88. The molecule has 13 heteroatoms. The van der Waals surface area contributed by atoms with E-state index in [1.807, 2.05) is 0 Å². The molecule has 0 aliphatic heterocycles. The summed E-state index contributed by atoms with van der Waals surface area (Å²) in [7, 11) is 0. The van der Waals surface area contributed by atoms with Crippen LogP contribution in [0.1, 0.15) is 27.3 Å². The van der Waals surface area contributed by atoms with Gasteiger partial charge in [-0.05, 0) is 38.1 Å². The van der Waals surface area contributed by atoms with Crippen LogP contribution in [0.15, 0.2) is 53.3 Å². The Bertz CT molecular complexity index is 1380. The van der Waals surface area contributed by atoms with Crippen molar-refractivity contribution >= 4 is 23.3 Å². The number of benzene rings is 2. The average Bonchev–Trinajstić information content (AvgIpc) is 2.78. The van der Waals surface area contributed by atoms with E-state index in [0.29, 0.717) is 5.56 Å². The molecule has 1 N–H and O–H groups in total. The average molecular weight is 490 g/mol. The van der Waals surface area contributed by atoms with Crippen molar-refractivity contribution in [3.8, 4) is 5.69 Å². The zero-order valence-corrected chi connectivity index (χ0v) is 18.3. The van der Waals surface area contributed by atoms with Crippen LogP contribution in [0.25, 0.3) is 5.69 Å². The van der Waals surface area contributed by atoms with Crippen molar-refractivity contribution in [3.05, 3.63) is 91.4 Å². The highest BCUT2D eigenvalue weighted by molar-refractivity contribution is 5.95. The fourth-order valence-electron chi connectivity index (χ4n) is 3.04. The summed E-state index contributed by atoms with van der Waals surface area (Å²) in [6, 6.07) is 9.08. The molecule has 10 nitrogen and oxygen atoms in total. The van der Waals surface area contributed by atoms with Crippen molar-refractivity contribution in [2.24, 2.45) is 0 Å². The molecule has 0 atom stereocenters. The monoisotopic (exact) mass is 490 g/mol. The Labute approximate surface area is 195 Å². The number of carbonyl (C=O) groups excluding carboxylic acids is 2. The Hall–Kier alpha value is -4.55. The van der Waals surface area contributed by atoms with Gasteiger partial charge >= 0.3 is 12.1 Å². The molecule has 0 aliphatic rings. The molecule has 2 aromatic carbocycles. The van der Waals surface area contributed by atoms with Crippen molar-refractivity contribution in [2.45, 2.75) is 20.0 Å². The molecule has 0 aliphatic carbocycles. The van der Waals surface area contributed by atoms with Crippen LogP contribution < -0.4 is 10.7 Å². The highest BCUT2D eigenvalue weighted by Gasteiger charge is 2.30. The minimum atomic E-state index is -4.62. The van der Waals surface area contributed by atoms with Gasteiger partial charge in [-0.25, -0.2) is 9.48 Å². The molecule has 35 heavy (non-hydrogen) atoms. The first-order valence-electron chi connectivity index (χ1n) is 9.87. The van der Waals surface area contributed by atoms with E-state index in [0.717, 1.165) is 35.0 Å². The predicted octanol–water partition coefficient (Wildman–Crippen LogP) is 3.57. The largest absolute Gasteiger partial charge is 0.451 e. The maximum absolute atomic E-state index is 13.0. The second-order valence-electron chi connectivity index (χ2n) is 7.34. The molecule has 1 heterocycles. The summed E-state index contributed by atoms with van der Waals surface area (Å²) >= 11 is 0. The van der Waals surface area contributed by atoms with Crippen molar-refractivity contribution in [1.82, 2.24) is 9.78 Å². The van der Waals surface area contributed by atoms with Gasteiger partial charge in [0.2, 0.25) is 11.1 Å². The van der Waals surface area contributed by atoms with Gasteiger partial charge in [0.25, 0.3) is 11.6 Å². The number of aryl methyl sites for hydroxylation is 2. The molecule has 1 aromatic heterocycles. The van der Waals surface area contributed by atoms with E-state index in [9.17, 15) is 37.7 Å². The number of esters is 1. The van der Waals surface area contributed by atoms with E-state index >= 15 is 0 Å². The number of ether oxygens (including phenoxy) is 1. The zero-order chi connectivity index (χ0) is 25.9. The third-order valence-electron chi connectivity index (χ3n) is 4.74. The highest BCUT2D eigenvalue weighted by Crippen LogP contribution is 2.30. The fourth-order valence-corrected chi connectivity index (χ4v) is 3.04. The Morgan fingerprint density at radius 3 is 2.51 bits per heavy atom. The normalized spacial score (nSPS) is 11.1. The van der Waals surface area contributed by atoms with Gasteiger partial charge in [-0.1, -0.05) is 12.1 Å². The molecule has 0 saturated heterocycles. The number of nitrogens with zero attached hydrogens (tertiary/aromatic N) is 3. The number of halogens is 3. The van der Waals surface area contributed by atoms with Crippen molar-refractivity contribution < 1.29 is 32.4 Å². The lowest BCUT2D eigenvalue weighted by atomic mass is 10.2. The minimum Gasteiger partial charge on any atom is -0.451 e. The van der Waals surface area contributed by atoms with Crippen molar-refractivity contribution in [2.75, 3.05) is 11.9 Å². The molecule has 182 valence electrons. The first kappa shape index (κ1) is 25.1. The van der Waals surface area contributed by atoms with Crippen LogP contribution in [-0.2, 0) is 15.7 Å². The summed E-state index contributed by atoms with van der Waals surface area (Å²) in [6.45, 7) is 2.09. The maximum Gasteiger partial charge on any atom is 0.416 e. The molecule has 0 fully saturated rings. The number of amides is 1. The quantitative estimate of drug-likeness (QED) is 0.317. The predicted molar refractivity (Wildman–Crippen MR) is 116 cm³/mol. The maximum atomic E-state index is 13.0. The number of hydrogen-bond donors (Lipinski definition) is 1. The molecule has 0 spiro atoms. The SMILES string of the molecule is Cc1ccc(NC(=O)COC(=O)c2nn(-c3cccc(C(F)(F)F)c3)c(C)cc2=O)cc1[N+](=O)[O-]. The van der Waals surface area contributed by atoms with Gasteiger partial charge in [0.1, 0.15) is 0 Å². The number of nitro groups is 1. The minimum absolute atomic E-state index is 0.0508. The second kappa shape index (κ2) is 9.75. The van der Waals surface area contributed by atoms with Crippen LogP contribution in [0.5, 0.6) is 0 Å². The van der Waals surface area contributed by atoms with Crippen molar-refractivity contribution in [3.63, 3.8) is 0 Å².